The number of para-hydroxylation sites is 1. The first-order valence-electron chi connectivity index (χ1n) is 12.2. The molecule has 0 aliphatic heterocycles. The predicted molar refractivity (Wildman–Crippen MR) is 140 cm³/mol. The second kappa shape index (κ2) is 10.1. The lowest BCUT2D eigenvalue weighted by Crippen LogP contribution is -2.28. The summed E-state index contributed by atoms with van der Waals surface area (Å²) in [6.45, 7) is 6.34. The molecule has 0 atom stereocenters. The van der Waals surface area contributed by atoms with Gasteiger partial charge in [-0.15, -0.1) is 0 Å². The fourth-order valence-electron chi connectivity index (χ4n) is 4.77. The average Bonchev–Trinajstić information content (AvgIpc) is 3.25. The number of halogens is 2. The van der Waals surface area contributed by atoms with Crippen LogP contribution in [0, 0.1) is 17.0 Å². The molecular formula is C30H33F2N3. The molecule has 2 N–H and O–H groups in total. The summed E-state index contributed by atoms with van der Waals surface area (Å²) in [7, 11) is 0. The molecule has 4 rings (SSSR count). The summed E-state index contributed by atoms with van der Waals surface area (Å²) in [4.78, 5) is 9.67. The summed E-state index contributed by atoms with van der Waals surface area (Å²) in [5.41, 5.74) is 10.2. The molecule has 5 heteroatoms. The first-order chi connectivity index (χ1) is 16.7. The van der Waals surface area contributed by atoms with E-state index in [4.69, 9.17) is 15.7 Å². The molecule has 1 heterocycles. The Bertz CT molecular complexity index is 1240. The molecule has 35 heavy (non-hydrogen) atoms. The van der Waals surface area contributed by atoms with Gasteiger partial charge in [0.05, 0.1) is 17.1 Å². The second-order valence-electron chi connectivity index (χ2n) is 10.4. The van der Waals surface area contributed by atoms with Gasteiger partial charge < -0.3 is 5.73 Å². The molecule has 0 bridgehead atoms. The number of aromatic nitrogens is 1. The van der Waals surface area contributed by atoms with Crippen LogP contribution in [0.25, 0.3) is 11.3 Å². The third kappa shape index (κ3) is 5.84. The first-order valence-corrected chi connectivity index (χ1v) is 12.2. The average molecular weight is 474 g/mol. The van der Waals surface area contributed by atoms with E-state index in [0.717, 1.165) is 23.9 Å². The molecule has 1 fully saturated rings. The van der Waals surface area contributed by atoms with Gasteiger partial charge in [-0.05, 0) is 81.0 Å². The SMILES string of the molecule is CC1(CC(C=C(N)C(C)(C)c2cccc(-c3ccc(F)cc3F)n2)=Nc2ccccc2)CCCC1. The lowest BCUT2D eigenvalue weighted by molar-refractivity contribution is 0.353. The molecule has 0 spiro atoms. The summed E-state index contributed by atoms with van der Waals surface area (Å²) in [6.07, 6.45) is 7.71. The van der Waals surface area contributed by atoms with E-state index in [9.17, 15) is 8.78 Å². The van der Waals surface area contributed by atoms with Crippen molar-refractivity contribution in [3.63, 3.8) is 0 Å². The third-order valence-corrected chi connectivity index (χ3v) is 7.09. The Balaban J connectivity index is 1.69. The largest absolute Gasteiger partial charge is 0.401 e. The summed E-state index contributed by atoms with van der Waals surface area (Å²) < 4.78 is 27.8. The van der Waals surface area contributed by atoms with Crippen molar-refractivity contribution in [1.82, 2.24) is 4.98 Å². The minimum atomic E-state index is -0.641. The number of nitrogens with two attached hydrogens (primary N) is 1. The third-order valence-electron chi connectivity index (χ3n) is 7.09. The van der Waals surface area contributed by atoms with Gasteiger partial charge in [0.15, 0.2) is 0 Å². The molecule has 0 unspecified atom stereocenters. The standard InChI is InChI=1S/C30H33F2N3/c1-29(2,28-13-9-12-26(35-28)24-15-14-21(31)18-25(24)32)27(33)19-23(20-30(3)16-7-8-17-30)34-22-10-5-4-6-11-22/h4-6,9-15,18-19H,7-8,16-17,20,33H2,1-3H3. The summed E-state index contributed by atoms with van der Waals surface area (Å²) in [5.74, 6) is -1.26. The number of allylic oxidation sites excluding steroid dienone is 2. The van der Waals surface area contributed by atoms with E-state index in [1.54, 1.807) is 6.07 Å². The van der Waals surface area contributed by atoms with Crippen molar-refractivity contribution in [2.45, 2.75) is 58.3 Å². The maximum atomic E-state index is 14.4. The van der Waals surface area contributed by atoms with Crippen LogP contribution in [0.1, 0.15) is 58.6 Å². The van der Waals surface area contributed by atoms with Crippen molar-refractivity contribution in [2.24, 2.45) is 16.1 Å². The highest BCUT2D eigenvalue weighted by atomic mass is 19.1. The Hall–Kier alpha value is -3.34. The smallest absolute Gasteiger partial charge is 0.135 e. The number of aliphatic imine (C=N–C) groups is 1. The Labute approximate surface area is 206 Å². The molecule has 0 radical (unpaired) electrons. The highest BCUT2D eigenvalue weighted by molar-refractivity contribution is 5.98. The van der Waals surface area contributed by atoms with Gasteiger partial charge in [-0.1, -0.05) is 44.0 Å². The molecule has 0 amide bonds. The van der Waals surface area contributed by atoms with E-state index in [1.807, 2.05) is 62.4 Å². The van der Waals surface area contributed by atoms with Crippen LogP contribution in [0.4, 0.5) is 14.5 Å². The Morgan fingerprint density at radius 1 is 1.03 bits per heavy atom. The van der Waals surface area contributed by atoms with Crippen molar-refractivity contribution < 1.29 is 8.78 Å². The zero-order valence-corrected chi connectivity index (χ0v) is 20.7. The normalized spacial score (nSPS) is 16.5. The highest BCUT2D eigenvalue weighted by Gasteiger charge is 2.31. The van der Waals surface area contributed by atoms with E-state index in [0.29, 0.717) is 17.1 Å². The molecule has 3 nitrogen and oxygen atoms in total. The van der Waals surface area contributed by atoms with Crippen molar-refractivity contribution in [1.29, 1.82) is 0 Å². The topological polar surface area (TPSA) is 51.3 Å². The van der Waals surface area contributed by atoms with Crippen LogP contribution >= 0.6 is 0 Å². The van der Waals surface area contributed by atoms with E-state index in [1.165, 1.54) is 37.8 Å². The van der Waals surface area contributed by atoms with E-state index in [2.05, 4.69) is 6.92 Å². The molecule has 182 valence electrons. The van der Waals surface area contributed by atoms with Gasteiger partial charge in [0.25, 0.3) is 0 Å². The molecular weight excluding hydrogens is 440 g/mol. The fourth-order valence-corrected chi connectivity index (χ4v) is 4.77. The summed E-state index contributed by atoms with van der Waals surface area (Å²) in [6, 6.07) is 18.9. The Kier molecular flexibility index (Phi) is 7.15. The van der Waals surface area contributed by atoms with Crippen LogP contribution in [0.5, 0.6) is 0 Å². The van der Waals surface area contributed by atoms with E-state index in [-0.39, 0.29) is 11.0 Å². The molecule has 0 saturated heterocycles. The Morgan fingerprint density at radius 3 is 2.43 bits per heavy atom. The molecule has 1 aliphatic rings. The van der Waals surface area contributed by atoms with E-state index >= 15 is 0 Å². The van der Waals surface area contributed by atoms with Crippen molar-refractivity contribution in [2.75, 3.05) is 0 Å². The minimum Gasteiger partial charge on any atom is -0.401 e. The number of rotatable bonds is 7. The first kappa shape index (κ1) is 24.8. The molecule has 1 saturated carbocycles. The van der Waals surface area contributed by atoms with Crippen LogP contribution in [-0.2, 0) is 5.41 Å². The highest BCUT2D eigenvalue weighted by Crippen LogP contribution is 2.41. The van der Waals surface area contributed by atoms with Crippen LogP contribution < -0.4 is 5.73 Å². The van der Waals surface area contributed by atoms with Crippen LogP contribution in [-0.4, -0.2) is 10.7 Å². The summed E-state index contributed by atoms with van der Waals surface area (Å²) in [5, 5.41) is 0. The lowest BCUT2D eigenvalue weighted by atomic mass is 9.80. The summed E-state index contributed by atoms with van der Waals surface area (Å²) >= 11 is 0. The minimum absolute atomic E-state index is 0.215. The predicted octanol–water partition coefficient (Wildman–Crippen LogP) is 7.89. The van der Waals surface area contributed by atoms with E-state index < -0.39 is 17.0 Å². The maximum Gasteiger partial charge on any atom is 0.135 e. The molecule has 1 aromatic heterocycles. The van der Waals surface area contributed by atoms with Gasteiger partial charge in [0.2, 0.25) is 0 Å². The Morgan fingerprint density at radius 2 is 1.74 bits per heavy atom. The van der Waals surface area contributed by atoms with Crippen molar-refractivity contribution >= 4 is 11.4 Å². The lowest BCUT2D eigenvalue weighted by Gasteiger charge is -2.27. The van der Waals surface area contributed by atoms with Gasteiger partial charge in [-0.25, -0.2) is 8.78 Å². The number of hydrogen-bond acceptors (Lipinski definition) is 3. The molecule has 3 aromatic rings. The van der Waals surface area contributed by atoms with Gasteiger partial charge in [0.1, 0.15) is 11.6 Å². The quantitative estimate of drug-likeness (QED) is 0.355. The molecule has 2 aromatic carbocycles. The number of pyridine rings is 1. The maximum absolute atomic E-state index is 14.4. The van der Waals surface area contributed by atoms with Crippen LogP contribution in [0.15, 0.2) is 83.5 Å². The molecule has 1 aliphatic carbocycles. The number of benzene rings is 2. The number of hydrogen-bond donors (Lipinski definition) is 1. The second-order valence-corrected chi connectivity index (χ2v) is 10.4. The van der Waals surface area contributed by atoms with Crippen molar-refractivity contribution in [3.8, 4) is 11.3 Å². The van der Waals surface area contributed by atoms with Crippen LogP contribution in [0.2, 0.25) is 0 Å². The van der Waals surface area contributed by atoms with Gasteiger partial charge in [-0.3, -0.25) is 9.98 Å². The van der Waals surface area contributed by atoms with Gasteiger partial charge in [-0.2, -0.15) is 0 Å². The van der Waals surface area contributed by atoms with Gasteiger partial charge >= 0.3 is 0 Å². The monoisotopic (exact) mass is 473 g/mol. The fraction of sp³-hybridized carbons (Fsp3) is 0.333. The van der Waals surface area contributed by atoms with Gasteiger partial charge in [0, 0.05) is 28.5 Å². The van der Waals surface area contributed by atoms with Crippen molar-refractivity contribution in [3.05, 3.63) is 95.8 Å². The zero-order chi connectivity index (χ0) is 25.1. The number of nitrogens with zero attached hydrogens (tertiary/aromatic N) is 2. The zero-order valence-electron chi connectivity index (χ0n) is 20.7. The van der Waals surface area contributed by atoms with Crippen LogP contribution in [0.3, 0.4) is 0 Å².